The number of halogens is 6. The number of rotatable bonds is 9. The number of methoxy groups -OCH3 is 1. The highest BCUT2D eigenvalue weighted by Gasteiger charge is 2.38. The molecule has 0 spiro atoms. The molecule has 3 aromatic rings. The second-order valence-electron chi connectivity index (χ2n) is 12.4. The van der Waals surface area contributed by atoms with Crippen LogP contribution in [-0.2, 0) is 50.9 Å². The molecular formula is C33H35F6N5O5. The van der Waals surface area contributed by atoms with Crippen molar-refractivity contribution in [3.05, 3.63) is 76.6 Å². The molecule has 2 aliphatic rings. The number of hydrogen-bond donors (Lipinski definition) is 0. The van der Waals surface area contributed by atoms with E-state index in [-0.39, 0.29) is 37.3 Å². The summed E-state index contributed by atoms with van der Waals surface area (Å²) >= 11 is 0. The first kappa shape index (κ1) is 35.7. The maximum atomic E-state index is 13.7. The highest BCUT2D eigenvalue weighted by molar-refractivity contribution is 5.92. The average molecular weight is 696 g/mol. The van der Waals surface area contributed by atoms with E-state index in [1.54, 1.807) is 26.0 Å². The first-order chi connectivity index (χ1) is 23.1. The fourth-order valence-electron chi connectivity index (χ4n) is 5.70. The van der Waals surface area contributed by atoms with Gasteiger partial charge in [0.25, 0.3) is 0 Å². The average Bonchev–Trinajstić information content (AvgIpc) is 3.51. The third-order valence-corrected chi connectivity index (χ3v) is 8.26. The van der Waals surface area contributed by atoms with Gasteiger partial charge in [0, 0.05) is 32.7 Å². The lowest BCUT2D eigenvalue weighted by Crippen LogP contribution is -2.37. The van der Waals surface area contributed by atoms with Gasteiger partial charge in [-0.2, -0.15) is 26.3 Å². The largest absolute Gasteiger partial charge is 0.469 e. The van der Waals surface area contributed by atoms with Crippen molar-refractivity contribution in [1.82, 2.24) is 9.97 Å². The van der Waals surface area contributed by atoms with Crippen molar-refractivity contribution in [3.8, 4) is 0 Å². The molecule has 2 aromatic carbocycles. The van der Waals surface area contributed by atoms with Crippen LogP contribution in [0.1, 0.15) is 41.7 Å². The minimum Gasteiger partial charge on any atom is -0.469 e. The van der Waals surface area contributed by atoms with Gasteiger partial charge >= 0.3 is 24.4 Å². The number of fused-ring (bicyclic) bond motifs is 1. The molecule has 1 saturated heterocycles. The fourth-order valence-corrected chi connectivity index (χ4v) is 5.70. The Morgan fingerprint density at radius 3 is 2.14 bits per heavy atom. The lowest BCUT2D eigenvalue weighted by Gasteiger charge is -2.29. The van der Waals surface area contributed by atoms with E-state index in [0.29, 0.717) is 61.8 Å². The molecule has 1 aromatic heterocycles. The molecule has 16 heteroatoms. The number of carbonyl (C=O) groups excluding carboxylic acids is 2. The van der Waals surface area contributed by atoms with Crippen LogP contribution in [0.5, 0.6) is 0 Å². The lowest BCUT2D eigenvalue weighted by atomic mass is 9.95. The van der Waals surface area contributed by atoms with E-state index in [1.807, 2.05) is 11.0 Å². The molecule has 0 radical (unpaired) electrons. The minimum atomic E-state index is -5.03. The maximum Gasteiger partial charge on any atom is 0.416 e. The van der Waals surface area contributed by atoms with Crippen LogP contribution in [0.25, 0.3) is 0 Å². The summed E-state index contributed by atoms with van der Waals surface area (Å²) < 4.78 is 98.1. The summed E-state index contributed by atoms with van der Waals surface area (Å²) in [4.78, 5) is 39.2. The van der Waals surface area contributed by atoms with Gasteiger partial charge in [-0.3, -0.25) is 9.69 Å². The zero-order valence-corrected chi connectivity index (χ0v) is 27.0. The Kier molecular flexibility index (Phi) is 10.3. The molecule has 0 atom stereocenters. The first-order valence-electron chi connectivity index (χ1n) is 15.4. The quantitative estimate of drug-likeness (QED) is 0.190. The molecule has 1 fully saturated rings. The lowest BCUT2D eigenvalue weighted by molar-refractivity contribution is -0.152. The summed E-state index contributed by atoms with van der Waals surface area (Å²) in [7, 11) is 1.23. The van der Waals surface area contributed by atoms with Crippen molar-refractivity contribution < 1.29 is 50.1 Å². The van der Waals surface area contributed by atoms with Crippen LogP contribution in [0.2, 0.25) is 0 Å². The number of nitrogens with zero attached hydrogens (tertiary/aromatic N) is 5. The molecule has 0 unspecified atom stereocenters. The first-order valence-corrected chi connectivity index (χ1v) is 15.4. The molecule has 5 rings (SSSR count). The van der Waals surface area contributed by atoms with Crippen molar-refractivity contribution in [2.75, 3.05) is 61.3 Å². The summed E-state index contributed by atoms with van der Waals surface area (Å²) in [5.41, 5.74) is -1.79. The minimum absolute atomic E-state index is 0.0486. The zero-order chi connectivity index (χ0) is 35.6. The van der Waals surface area contributed by atoms with Crippen molar-refractivity contribution >= 4 is 29.4 Å². The van der Waals surface area contributed by atoms with E-state index in [4.69, 9.17) is 14.2 Å². The number of morpholine rings is 1. The van der Waals surface area contributed by atoms with Gasteiger partial charge in [0.05, 0.1) is 60.6 Å². The third-order valence-electron chi connectivity index (χ3n) is 8.26. The number of carbonyl (C=O) groups is 2. The molecule has 0 saturated carbocycles. The smallest absolute Gasteiger partial charge is 0.416 e. The number of alkyl halides is 6. The van der Waals surface area contributed by atoms with E-state index in [1.165, 1.54) is 29.3 Å². The van der Waals surface area contributed by atoms with Gasteiger partial charge in [0.15, 0.2) is 0 Å². The summed E-state index contributed by atoms with van der Waals surface area (Å²) in [5, 5.41) is 0. The number of amides is 1. The van der Waals surface area contributed by atoms with Gasteiger partial charge < -0.3 is 24.0 Å². The second kappa shape index (κ2) is 14.1. The standard InChI is InChI=1S/C33H35F6N5O5/c1-31(2,28(45)47-3)20-49-30(46)44-8-7-22-5-4-6-23(27(22)44)19-43(29-40-16-26(17-41-29)42-9-11-48-12-10-42)18-21-13-24(32(34,35)36)15-25(14-21)33(37,38)39/h4-6,13-17H,7-12,18-20H2,1-3H3. The van der Waals surface area contributed by atoms with E-state index < -0.39 is 47.5 Å². The monoisotopic (exact) mass is 695 g/mol. The molecule has 0 bridgehead atoms. The van der Waals surface area contributed by atoms with E-state index in [9.17, 15) is 35.9 Å². The summed E-state index contributed by atoms with van der Waals surface area (Å²) in [6.45, 7) is 4.79. The van der Waals surface area contributed by atoms with Crippen LogP contribution >= 0.6 is 0 Å². The number of para-hydroxylation sites is 1. The summed E-state index contributed by atoms with van der Waals surface area (Å²) in [6.07, 6.45) is -7.24. The highest BCUT2D eigenvalue weighted by atomic mass is 19.4. The van der Waals surface area contributed by atoms with Crippen LogP contribution in [-0.4, -0.2) is 68.6 Å². The van der Waals surface area contributed by atoms with Crippen molar-refractivity contribution in [3.63, 3.8) is 0 Å². The maximum absolute atomic E-state index is 13.7. The van der Waals surface area contributed by atoms with Crippen molar-refractivity contribution in [1.29, 1.82) is 0 Å². The van der Waals surface area contributed by atoms with Gasteiger partial charge in [0.1, 0.15) is 6.61 Å². The Morgan fingerprint density at radius 1 is 0.918 bits per heavy atom. The fraction of sp³-hybridized carbons (Fsp3) is 0.455. The number of esters is 1. The Hall–Kier alpha value is -4.60. The van der Waals surface area contributed by atoms with Crippen molar-refractivity contribution in [2.24, 2.45) is 5.41 Å². The van der Waals surface area contributed by atoms with E-state index in [2.05, 4.69) is 9.97 Å². The number of hydrogen-bond acceptors (Lipinski definition) is 9. The van der Waals surface area contributed by atoms with Gasteiger partial charge in [-0.25, -0.2) is 14.8 Å². The highest BCUT2D eigenvalue weighted by Crippen LogP contribution is 2.38. The number of ether oxygens (including phenoxy) is 3. The molecule has 3 heterocycles. The molecule has 0 N–H and O–H groups in total. The van der Waals surface area contributed by atoms with Gasteiger partial charge in [0.2, 0.25) is 5.95 Å². The molecule has 264 valence electrons. The third kappa shape index (κ3) is 8.35. The van der Waals surface area contributed by atoms with Crippen LogP contribution in [0.15, 0.2) is 48.8 Å². The van der Waals surface area contributed by atoms with Gasteiger partial charge in [-0.1, -0.05) is 18.2 Å². The van der Waals surface area contributed by atoms with E-state index >= 15 is 0 Å². The zero-order valence-electron chi connectivity index (χ0n) is 27.0. The Labute approximate surface area is 278 Å². The normalized spacial score (nSPS) is 15.2. The summed E-state index contributed by atoms with van der Waals surface area (Å²) in [6, 6.07) is 6.68. The van der Waals surface area contributed by atoms with Crippen LogP contribution < -0.4 is 14.7 Å². The van der Waals surface area contributed by atoms with Crippen molar-refractivity contribution in [2.45, 2.75) is 45.7 Å². The van der Waals surface area contributed by atoms with Crippen LogP contribution in [0.3, 0.4) is 0 Å². The molecule has 0 aliphatic carbocycles. The topological polar surface area (TPSA) is 97.3 Å². The number of aromatic nitrogens is 2. The predicted octanol–water partition coefficient (Wildman–Crippen LogP) is 6.26. The predicted molar refractivity (Wildman–Crippen MR) is 166 cm³/mol. The van der Waals surface area contributed by atoms with Crippen LogP contribution in [0, 0.1) is 5.41 Å². The second-order valence-corrected chi connectivity index (χ2v) is 12.4. The molecule has 49 heavy (non-hydrogen) atoms. The van der Waals surface area contributed by atoms with Crippen LogP contribution in [0.4, 0.5) is 48.5 Å². The van der Waals surface area contributed by atoms with Gasteiger partial charge in [-0.15, -0.1) is 0 Å². The Morgan fingerprint density at radius 2 is 1.55 bits per heavy atom. The molecule has 2 aliphatic heterocycles. The van der Waals surface area contributed by atoms with E-state index in [0.717, 1.165) is 5.56 Å². The summed E-state index contributed by atoms with van der Waals surface area (Å²) in [5.74, 6) is -0.520. The van der Waals surface area contributed by atoms with Gasteiger partial charge in [-0.05, 0) is 55.2 Å². The molecule has 10 nitrogen and oxygen atoms in total. The molecule has 1 amide bonds. The number of anilines is 3. The molecular weight excluding hydrogens is 660 g/mol. The Balaban J connectivity index is 1.50. The Bertz CT molecular complexity index is 1630. The number of benzene rings is 2. The SMILES string of the molecule is COC(=O)C(C)(C)COC(=O)N1CCc2cccc(CN(Cc3cc(C(F)(F)F)cc(C(F)(F)F)c3)c3ncc(N4CCOCC4)cn3)c21.